The smallest absolute Gasteiger partial charge is 0.118 e. The van der Waals surface area contributed by atoms with Crippen molar-refractivity contribution in [1.29, 1.82) is 0 Å². The molecule has 0 saturated carbocycles. The van der Waals surface area contributed by atoms with Crippen LogP contribution in [0.25, 0.3) is 0 Å². The van der Waals surface area contributed by atoms with Gasteiger partial charge in [0.05, 0.1) is 33.3 Å². The third-order valence-corrected chi connectivity index (χ3v) is 2.35. The fourth-order valence-corrected chi connectivity index (χ4v) is 1.28. The highest BCUT2D eigenvalue weighted by Crippen LogP contribution is 2.12. The van der Waals surface area contributed by atoms with E-state index in [1.165, 1.54) is 0 Å². The maximum atomic E-state index is 12.1. The van der Waals surface area contributed by atoms with Gasteiger partial charge >= 0.3 is 0 Å². The van der Waals surface area contributed by atoms with Crippen molar-refractivity contribution in [3.8, 4) is 5.75 Å². The molecule has 4 heteroatoms. The number of aliphatic hydroxyl groups excluding tert-OH is 1. The lowest BCUT2D eigenvalue weighted by Crippen LogP contribution is -1.99. The van der Waals surface area contributed by atoms with Gasteiger partial charge in [0.25, 0.3) is 0 Å². The molecule has 0 spiro atoms. The summed E-state index contributed by atoms with van der Waals surface area (Å²) in [5, 5.41) is 8.72. The Morgan fingerprint density at radius 3 is 2.59 bits per heavy atom. The standard InChI is InChI=1S/C13H17FO3/c1-16-13-4-2-11(3-5-13)10-17-7-6-12(8-14)9-15/h2-5,8,15H,6-7,9-10H2,1H3/b12-8-. The zero-order valence-electron chi connectivity index (χ0n) is 9.86. The maximum Gasteiger partial charge on any atom is 0.118 e. The summed E-state index contributed by atoms with van der Waals surface area (Å²) in [6.45, 7) is 0.597. The molecule has 0 aromatic heterocycles. The average Bonchev–Trinajstić information content (AvgIpc) is 2.40. The number of halogens is 1. The van der Waals surface area contributed by atoms with E-state index in [1.54, 1.807) is 7.11 Å². The van der Waals surface area contributed by atoms with Crippen molar-refractivity contribution in [3.63, 3.8) is 0 Å². The van der Waals surface area contributed by atoms with Gasteiger partial charge in [-0.05, 0) is 29.7 Å². The second-order valence-electron chi connectivity index (χ2n) is 3.58. The van der Waals surface area contributed by atoms with Crippen LogP contribution in [0.15, 0.2) is 36.2 Å². The van der Waals surface area contributed by atoms with Crippen molar-refractivity contribution in [2.75, 3.05) is 20.3 Å². The summed E-state index contributed by atoms with van der Waals surface area (Å²) < 4.78 is 22.5. The molecule has 0 amide bonds. The van der Waals surface area contributed by atoms with Crippen LogP contribution in [0.1, 0.15) is 12.0 Å². The summed E-state index contributed by atoms with van der Waals surface area (Å²) in [5.41, 5.74) is 1.38. The van der Waals surface area contributed by atoms with Gasteiger partial charge in [0.2, 0.25) is 0 Å². The maximum absolute atomic E-state index is 12.1. The van der Waals surface area contributed by atoms with Crippen LogP contribution in [0.4, 0.5) is 4.39 Å². The number of rotatable bonds is 7. The average molecular weight is 240 g/mol. The third-order valence-electron chi connectivity index (χ3n) is 2.35. The Labute approximate surface area is 100 Å². The Kier molecular flexibility index (Phi) is 6.29. The molecule has 3 nitrogen and oxygen atoms in total. The Balaban J connectivity index is 2.26. The van der Waals surface area contributed by atoms with Gasteiger partial charge in [-0.15, -0.1) is 0 Å². The number of ether oxygens (including phenoxy) is 2. The quantitative estimate of drug-likeness (QED) is 0.744. The summed E-state index contributed by atoms with van der Waals surface area (Å²) in [4.78, 5) is 0. The van der Waals surface area contributed by atoms with E-state index in [-0.39, 0.29) is 6.61 Å². The van der Waals surface area contributed by atoms with Crippen LogP contribution in [0.2, 0.25) is 0 Å². The fourth-order valence-electron chi connectivity index (χ4n) is 1.28. The largest absolute Gasteiger partial charge is 0.497 e. The number of hydrogen-bond acceptors (Lipinski definition) is 3. The number of methoxy groups -OCH3 is 1. The van der Waals surface area contributed by atoms with Crippen LogP contribution in [-0.4, -0.2) is 25.4 Å². The van der Waals surface area contributed by atoms with Gasteiger partial charge in [0, 0.05) is 0 Å². The first kappa shape index (κ1) is 13.7. The zero-order valence-corrected chi connectivity index (χ0v) is 9.86. The first-order chi connectivity index (χ1) is 8.30. The highest BCUT2D eigenvalue weighted by Gasteiger charge is 1.98. The summed E-state index contributed by atoms with van der Waals surface area (Å²) in [5.74, 6) is 0.802. The molecule has 0 heterocycles. The van der Waals surface area contributed by atoms with Crippen molar-refractivity contribution in [2.24, 2.45) is 0 Å². The number of hydrogen-bond donors (Lipinski definition) is 1. The molecule has 0 aliphatic carbocycles. The van der Waals surface area contributed by atoms with Crippen LogP contribution < -0.4 is 4.74 Å². The lowest BCUT2D eigenvalue weighted by atomic mass is 10.2. The van der Waals surface area contributed by atoms with E-state index in [2.05, 4.69) is 0 Å². The van der Waals surface area contributed by atoms with E-state index in [9.17, 15) is 4.39 Å². The lowest BCUT2D eigenvalue weighted by Gasteiger charge is -2.06. The molecule has 0 saturated heterocycles. The van der Waals surface area contributed by atoms with Crippen molar-refractivity contribution >= 4 is 0 Å². The molecule has 1 aromatic carbocycles. The summed E-state index contributed by atoms with van der Waals surface area (Å²) in [6.07, 6.45) is 0.833. The highest BCUT2D eigenvalue weighted by molar-refractivity contribution is 5.26. The minimum Gasteiger partial charge on any atom is -0.497 e. The molecule has 0 radical (unpaired) electrons. The molecule has 0 bridgehead atoms. The van der Waals surface area contributed by atoms with Crippen molar-refractivity contribution in [3.05, 3.63) is 41.7 Å². The zero-order chi connectivity index (χ0) is 12.5. The van der Waals surface area contributed by atoms with Crippen molar-refractivity contribution in [1.82, 2.24) is 0 Å². The number of benzene rings is 1. The highest BCUT2D eigenvalue weighted by atomic mass is 19.1. The monoisotopic (exact) mass is 240 g/mol. The molecular weight excluding hydrogens is 223 g/mol. The second kappa shape index (κ2) is 7.81. The van der Waals surface area contributed by atoms with E-state index in [1.807, 2.05) is 24.3 Å². The Hall–Kier alpha value is -1.39. The molecule has 94 valence electrons. The Bertz CT molecular complexity index is 346. The van der Waals surface area contributed by atoms with Crippen LogP contribution in [0.3, 0.4) is 0 Å². The van der Waals surface area contributed by atoms with Gasteiger partial charge in [-0.2, -0.15) is 0 Å². The lowest BCUT2D eigenvalue weighted by molar-refractivity contribution is 0.121. The van der Waals surface area contributed by atoms with Crippen LogP contribution in [-0.2, 0) is 11.3 Å². The van der Waals surface area contributed by atoms with Gasteiger partial charge in [-0.25, -0.2) is 4.39 Å². The first-order valence-electron chi connectivity index (χ1n) is 5.39. The molecule has 1 N–H and O–H groups in total. The molecule has 1 rings (SSSR count). The molecular formula is C13H17FO3. The van der Waals surface area contributed by atoms with Gasteiger partial charge in [0.15, 0.2) is 0 Å². The summed E-state index contributed by atoms with van der Waals surface area (Å²) >= 11 is 0. The first-order valence-corrected chi connectivity index (χ1v) is 5.39. The Morgan fingerprint density at radius 1 is 1.35 bits per heavy atom. The van der Waals surface area contributed by atoms with Gasteiger partial charge in [-0.3, -0.25) is 0 Å². The SMILES string of the molecule is COc1ccc(COCC/C(=C/F)CO)cc1. The van der Waals surface area contributed by atoms with E-state index >= 15 is 0 Å². The van der Waals surface area contributed by atoms with Crippen molar-refractivity contribution < 1.29 is 19.0 Å². The number of aliphatic hydroxyl groups is 1. The molecule has 17 heavy (non-hydrogen) atoms. The topological polar surface area (TPSA) is 38.7 Å². The minimum absolute atomic E-state index is 0.262. The van der Waals surface area contributed by atoms with Crippen LogP contribution >= 0.6 is 0 Å². The molecule has 1 aromatic rings. The van der Waals surface area contributed by atoms with E-state index in [0.29, 0.717) is 31.5 Å². The molecule has 0 aliphatic heterocycles. The van der Waals surface area contributed by atoms with Crippen molar-refractivity contribution in [2.45, 2.75) is 13.0 Å². The predicted octanol–water partition coefficient (Wildman–Crippen LogP) is 2.45. The van der Waals surface area contributed by atoms with E-state index in [4.69, 9.17) is 14.6 Å². The second-order valence-corrected chi connectivity index (χ2v) is 3.58. The van der Waals surface area contributed by atoms with Gasteiger partial charge in [-0.1, -0.05) is 12.1 Å². The molecule has 0 unspecified atom stereocenters. The van der Waals surface area contributed by atoms with Gasteiger partial charge < -0.3 is 14.6 Å². The van der Waals surface area contributed by atoms with E-state index in [0.717, 1.165) is 11.3 Å². The van der Waals surface area contributed by atoms with Crippen LogP contribution in [0.5, 0.6) is 5.75 Å². The summed E-state index contributed by atoms with van der Waals surface area (Å²) in [6, 6.07) is 7.55. The Morgan fingerprint density at radius 2 is 2.06 bits per heavy atom. The molecule has 0 fully saturated rings. The fraction of sp³-hybridized carbons (Fsp3) is 0.385. The third kappa shape index (κ3) is 4.97. The summed E-state index contributed by atoms with van der Waals surface area (Å²) in [7, 11) is 1.62. The van der Waals surface area contributed by atoms with Gasteiger partial charge in [0.1, 0.15) is 5.75 Å². The molecule has 0 atom stereocenters. The van der Waals surface area contributed by atoms with Crippen LogP contribution in [0, 0.1) is 0 Å². The molecule has 0 aliphatic rings. The minimum atomic E-state index is -0.262. The van der Waals surface area contributed by atoms with E-state index < -0.39 is 0 Å². The normalized spacial score (nSPS) is 11.6. The predicted molar refractivity (Wildman–Crippen MR) is 63.5 cm³/mol.